The van der Waals surface area contributed by atoms with E-state index in [4.69, 9.17) is 9.47 Å². The average molecular weight is 426 g/mol. The summed E-state index contributed by atoms with van der Waals surface area (Å²) in [4.78, 5) is 0.756. The highest BCUT2D eigenvalue weighted by molar-refractivity contribution is 7.85. The first-order valence-corrected chi connectivity index (χ1v) is 11.1. The molecule has 0 unspecified atom stereocenters. The molecule has 0 aliphatic carbocycles. The van der Waals surface area contributed by atoms with E-state index < -0.39 is 10.8 Å². The van der Waals surface area contributed by atoms with Gasteiger partial charge in [0.15, 0.2) is 11.5 Å². The third kappa shape index (κ3) is 5.69. The summed E-state index contributed by atoms with van der Waals surface area (Å²) in [6.45, 7) is 0.390. The van der Waals surface area contributed by atoms with Gasteiger partial charge in [0, 0.05) is 11.4 Å². The van der Waals surface area contributed by atoms with Gasteiger partial charge in [0.2, 0.25) is 0 Å². The van der Waals surface area contributed by atoms with E-state index in [0.29, 0.717) is 30.2 Å². The second-order valence-electron chi connectivity index (χ2n) is 6.85. The van der Waals surface area contributed by atoms with E-state index in [1.807, 2.05) is 78.9 Å². The lowest BCUT2D eigenvalue weighted by molar-refractivity contribution is -0.121. The van der Waals surface area contributed by atoms with Crippen molar-refractivity contribution >= 4 is 10.8 Å². The van der Waals surface area contributed by atoms with E-state index in [9.17, 15) is 9.42 Å². The van der Waals surface area contributed by atoms with E-state index in [0.717, 1.165) is 16.0 Å². The zero-order valence-electron chi connectivity index (χ0n) is 17.2. The zero-order valence-corrected chi connectivity index (χ0v) is 18.0. The maximum absolute atomic E-state index is 12.9. The Morgan fingerprint density at radius 3 is 2.17 bits per heavy atom. The molecule has 0 aliphatic rings. The summed E-state index contributed by atoms with van der Waals surface area (Å²) in [6.07, 6.45) is 0.609. The molecule has 3 aromatic carbocycles. The first-order chi connectivity index (χ1) is 14.6. The molecule has 0 saturated heterocycles. The Labute approximate surface area is 180 Å². The smallest absolute Gasteiger partial charge is 0.160 e. The van der Waals surface area contributed by atoms with Crippen molar-refractivity contribution in [3.63, 3.8) is 0 Å². The van der Waals surface area contributed by atoms with Crippen molar-refractivity contribution in [1.82, 2.24) is 5.06 Å². The number of nitrogens with zero attached hydrogens (tertiary/aromatic N) is 1. The average Bonchev–Trinajstić information content (AvgIpc) is 2.81. The Bertz CT molecular complexity index is 950. The molecule has 0 bridgehead atoms. The number of ether oxygens (including phenoxy) is 2. The Hall–Kier alpha value is -2.67. The lowest BCUT2D eigenvalue weighted by atomic mass is 10.1. The molecular weight excluding hydrogens is 398 g/mol. The third-order valence-corrected chi connectivity index (χ3v) is 6.35. The van der Waals surface area contributed by atoms with Gasteiger partial charge < -0.3 is 14.7 Å². The molecule has 2 atom stereocenters. The first-order valence-electron chi connectivity index (χ1n) is 9.77. The number of hydrogen-bond donors (Lipinski definition) is 1. The number of methoxy groups -OCH3 is 2. The van der Waals surface area contributed by atoms with Gasteiger partial charge in [-0.1, -0.05) is 54.6 Å². The van der Waals surface area contributed by atoms with Crippen LogP contribution in [0.1, 0.15) is 17.2 Å². The van der Waals surface area contributed by atoms with Crippen molar-refractivity contribution in [3.05, 3.63) is 90.0 Å². The summed E-state index contributed by atoms with van der Waals surface area (Å²) in [6, 6.07) is 24.4. The second kappa shape index (κ2) is 10.9. The summed E-state index contributed by atoms with van der Waals surface area (Å²) < 4.78 is 23.5. The van der Waals surface area contributed by atoms with Crippen molar-refractivity contribution in [2.24, 2.45) is 0 Å². The molecule has 0 saturated carbocycles. The van der Waals surface area contributed by atoms with Crippen LogP contribution in [-0.4, -0.2) is 41.0 Å². The van der Waals surface area contributed by atoms with E-state index in [2.05, 4.69) is 0 Å². The molecule has 5 nitrogen and oxygen atoms in total. The molecule has 3 rings (SSSR count). The maximum atomic E-state index is 12.9. The van der Waals surface area contributed by atoms with Crippen molar-refractivity contribution in [2.75, 3.05) is 26.5 Å². The summed E-state index contributed by atoms with van der Waals surface area (Å²) in [5.74, 6) is 1.63. The molecule has 0 fully saturated rings. The van der Waals surface area contributed by atoms with Gasteiger partial charge in [-0.25, -0.2) is 0 Å². The van der Waals surface area contributed by atoms with E-state index in [-0.39, 0.29) is 6.04 Å². The Balaban J connectivity index is 1.74. The van der Waals surface area contributed by atoms with Gasteiger partial charge in [-0.2, -0.15) is 5.06 Å². The minimum Gasteiger partial charge on any atom is -0.493 e. The summed E-state index contributed by atoms with van der Waals surface area (Å²) >= 11 is 0. The molecule has 0 aromatic heterocycles. The van der Waals surface area contributed by atoms with Crippen LogP contribution in [0.2, 0.25) is 0 Å². The van der Waals surface area contributed by atoms with Crippen LogP contribution in [0, 0.1) is 0 Å². The summed E-state index contributed by atoms with van der Waals surface area (Å²) in [7, 11) is 1.97. The molecular formula is C24H27NO4S. The van der Waals surface area contributed by atoms with Crippen molar-refractivity contribution in [1.29, 1.82) is 0 Å². The third-order valence-electron chi connectivity index (χ3n) is 4.94. The maximum Gasteiger partial charge on any atom is 0.160 e. The topological polar surface area (TPSA) is 59.0 Å². The molecule has 0 radical (unpaired) electrons. The molecule has 158 valence electrons. The first kappa shape index (κ1) is 22.0. The fraction of sp³-hybridized carbons (Fsp3) is 0.250. The van der Waals surface area contributed by atoms with Crippen LogP contribution in [-0.2, 0) is 17.2 Å². The fourth-order valence-electron chi connectivity index (χ4n) is 3.28. The Kier molecular flexibility index (Phi) is 8.02. The quantitative estimate of drug-likeness (QED) is 0.485. The molecule has 0 heterocycles. The van der Waals surface area contributed by atoms with Gasteiger partial charge in [0.25, 0.3) is 0 Å². The SMILES string of the molecule is COc1ccc(CCN(O)[C@@H](C[S@@](=O)c2ccccc2)c2ccccc2)cc1OC. The highest BCUT2D eigenvalue weighted by Gasteiger charge is 2.22. The van der Waals surface area contributed by atoms with Crippen molar-refractivity contribution in [3.8, 4) is 11.5 Å². The standard InChI is InChI=1S/C24H27NO4S/c1-28-23-14-13-19(17-24(23)29-2)15-16-25(26)22(20-9-5-3-6-10-20)18-30(27)21-11-7-4-8-12-21/h3-14,17,22,26H,15-16,18H2,1-2H3/t22-,30+/m0/s1. The van der Waals surface area contributed by atoms with Gasteiger partial charge in [-0.15, -0.1) is 0 Å². The normalized spacial score (nSPS) is 13.1. The second-order valence-corrected chi connectivity index (χ2v) is 8.35. The summed E-state index contributed by atoms with van der Waals surface area (Å²) in [5, 5.41) is 12.2. The fourth-order valence-corrected chi connectivity index (χ4v) is 4.58. The molecule has 6 heteroatoms. The monoisotopic (exact) mass is 425 g/mol. The van der Waals surface area contributed by atoms with Gasteiger partial charge >= 0.3 is 0 Å². The van der Waals surface area contributed by atoms with Gasteiger partial charge in [0.05, 0.1) is 36.8 Å². The highest BCUT2D eigenvalue weighted by atomic mass is 32.2. The highest BCUT2D eigenvalue weighted by Crippen LogP contribution is 2.28. The van der Waals surface area contributed by atoms with Crippen LogP contribution in [0.25, 0.3) is 0 Å². The Morgan fingerprint density at radius 1 is 0.900 bits per heavy atom. The lowest BCUT2D eigenvalue weighted by Gasteiger charge is -2.26. The molecule has 1 N–H and O–H groups in total. The van der Waals surface area contributed by atoms with Crippen LogP contribution < -0.4 is 9.47 Å². The van der Waals surface area contributed by atoms with Crippen LogP contribution in [0.15, 0.2) is 83.8 Å². The minimum absolute atomic E-state index is 0.302. The van der Waals surface area contributed by atoms with E-state index in [1.54, 1.807) is 14.2 Å². The van der Waals surface area contributed by atoms with Crippen molar-refractivity contribution in [2.45, 2.75) is 17.4 Å². The van der Waals surface area contributed by atoms with Gasteiger partial charge in [0.1, 0.15) is 0 Å². The summed E-state index contributed by atoms with van der Waals surface area (Å²) in [5.41, 5.74) is 1.94. The Morgan fingerprint density at radius 2 is 1.53 bits per heavy atom. The van der Waals surface area contributed by atoms with Gasteiger partial charge in [-0.3, -0.25) is 4.21 Å². The molecule has 30 heavy (non-hydrogen) atoms. The van der Waals surface area contributed by atoms with Crippen LogP contribution in [0.5, 0.6) is 11.5 Å². The number of benzene rings is 3. The van der Waals surface area contributed by atoms with Crippen LogP contribution in [0.4, 0.5) is 0 Å². The molecule has 3 aromatic rings. The lowest BCUT2D eigenvalue weighted by Crippen LogP contribution is -2.31. The number of hydrogen-bond acceptors (Lipinski definition) is 5. The van der Waals surface area contributed by atoms with Crippen molar-refractivity contribution < 1.29 is 18.9 Å². The largest absolute Gasteiger partial charge is 0.493 e. The van der Waals surface area contributed by atoms with E-state index in [1.165, 1.54) is 5.06 Å². The predicted octanol–water partition coefficient (Wildman–Crippen LogP) is 4.49. The zero-order chi connectivity index (χ0) is 21.3. The van der Waals surface area contributed by atoms with Crippen LogP contribution >= 0.6 is 0 Å². The number of rotatable bonds is 10. The number of hydroxylamine groups is 2. The van der Waals surface area contributed by atoms with Gasteiger partial charge in [-0.05, 0) is 41.8 Å². The van der Waals surface area contributed by atoms with Crippen LogP contribution in [0.3, 0.4) is 0 Å². The minimum atomic E-state index is -1.23. The molecule has 0 amide bonds. The molecule has 0 aliphatic heterocycles. The predicted molar refractivity (Wildman–Crippen MR) is 119 cm³/mol. The molecule has 0 spiro atoms. The van der Waals surface area contributed by atoms with E-state index >= 15 is 0 Å².